The lowest BCUT2D eigenvalue weighted by Crippen LogP contribution is -2.25. The number of fused-ring (bicyclic) bond motifs is 1. The normalized spacial score (nSPS) is 10.5. The highest BCUT2D eigenvalue weighted by Gasteiger charge is 2.18. The average Bonchev–Trinajstić information content (AvgIpc) is 2.39. The summed E-state index contributed by atoms with van der Waals surface area (Å²) < 4.78 is 32.1. The van der Waals surface area contributed by atoms with Crippen molar-refractivity contribution >= 4 is 30.5 Å². The summed E-state index contributed by atoms with van der Waals surface area (Å²) in [6, 6.07) is 1.95. The fourth-order valence-corrected chi connectivity index (χ4v) is 1.66. The molecule has 19 heavy (non-hydrogen) atoms. The van der Waals surface area contributed by atoms with Crippen LogP contribution < -0.4 is 16.2 Å². The van der Waals surface area contributed by atoms with Crippen LogP contribution in [-0.4, -0.2) is 20.9 Å². The van der Waals surface area contributed by atoms with Crippen molar-refractivity contribution in [2.45, 2.75) is 0 Å². The highest BCUT2D eigenvalue weighted by atomic mass is 19.1. The molecule has 2 radical (unpaired) electrons. The number of hydrogen-bond acceptors (Lipinski definition) is 4. The number of hydrogen-bond donors (Lipinski definition) is 2. The Balaban J connectivity index is 2.83. The summed E-state index contributed by atoms with van der Waals surface area (Å²) in [4.78, 5) is 22.8. The van der Waals surface area contributed by atoms with Crippen LogP contribution in [0.15, 0.2) is 21.3 Å². The molecule has 0 saturated carbocycles. The molecular formula is C11H7BF2N2O3. The molecule has 0 unspecified atom stereocenters. The first kappa shape index (κ1) is 13.1. The van der Waals surface area contributed by atoms with Crippen LogP contribution >= 0.6 is 0 Å². The van der Waals surface area contributed by atoms with Crippen molar-refractivity contribution in [1.82, 2.24) is 5.23 Å². The lowest BCUT2D eigenvalue weighted by atomic mass is 10.1. The van der Waals surface area contributed by atoms with Crippen LogP contribution in [0, 0.1) is 11.6 Å². The number of amides is 1. The number of benzene rings is 1. The van der Waals surface area contributed by atoms with E-state index in [1.807, 2.05) is 0 Å². The molecule has 1 aromatic carbocycles. The topological polar surface area (TPSA) is 71.3 Å². The van der Waals surface area contributed by atoms with Crippen molar-refractivity contribution < 1.29 is 18.0 Å². The first-order chi connectivity index (χ1) is 8.99. The molecular weight excluding hydrogens is 257 g/mol. The molecule has 0 atom stereocenters. The Labute approximate surface area is 107 Å². The van der Waals surface area contributed by atoms with Crippen molar-refractivity contribution in [3.8, 4) is 0 Å². The highest BCUT2D eigenvalue weighted by Crippen LogP contribution is 2.27. The molecule has 2 N–H and O–H groups in total. The van der Waals surface area contributed by atoms with Gasteiger partial charge in [0.05, 0.1) is 0 Å². The quantitative estimate of drug-likeness (QED) is 0.625. The van der Waals surface area contributed by atoms with Gasteiger partial charge in [-0.25, -0.2) is 13.6 Å². The van der Waals surface area contributed by atoms with Gasteiger partial charge in [0.25, 0.3) is 0 Å². The monoisotopic (exact) mass is 264 g/mol. The number of rotatable bonds is 2. The second-order valence-corrected chi connectivity index (χ2v) is 3.64. The van der Waals surface area contributed by atoms with Crippen molar-refractivity contribution in [2.75, 3.05) is 12.4 Å². The Morgan fingerprint density at radius 2 is 2.05 bits per heavy atom. The van der Waals surface area contributed by atoms with Crippen molar-refractivity contribution in [2.24, 2.45) is 0 Å². The van der Waals surface area contributed by atoms with E-state index in [1.165, 1.54) is 7.05 Å². The number of carbonyl (C=O) groups is 1. The number of carbonyl (C=O) groups excluding carboxylic acids is 1. The van der Waals surface area contributed by atoms with Crippen LogP contribution in [0.2, 0.25) is 0 Å². The molecule has 0 saturated heterocycles. The number of nitrogens with one attached hydrogen (secondary N) is 2. The van der Waals surface area contributed by atoms with E-state index in [0.717, 1.165) is 12.1 Å². The van der Waals surface area contributed by atoms with Crippen LogP contribution in [0.3, 0.4) is 0 Å². The zero-order valence-electron chi connectivity index (χ0n) is 9.71. The number of anilines is 1. The molecule has 2 aromatic rings. The van der Waals surface area contributed by atoms with E-state index in [4.69, 9.17) is 12.4 Å². The van der Waals surface area contributed by atoms with E-state index in [1.54, 1.807) is 5.23 Å². The zero-order valence-corrected chi connectivity index (χ0v) is 9.71. The Kier molecular flexibility index (Phi) is 3.24. The second-order valence-electron chi connectivity index (χ2n) is 3.64. The van der Waals surface area contributed by atoms with E-state index in [2.05, 4.69) is 5.32 Å². The van der Waals surface area contributed by atoms with Gasteiger partial charge in [0.1, 0.15) is 17.1 Å². The molecule has 5 nitrogen and oxygen atoms in total. The fourth-order valence-electron chi connectivity index (χ4n) is 1.66. The average molecular weight is 264 g/mol. The maximum Gasteiger partial charge on any atom is 0.349 e. The van der Waals surface area contributed by atoms with Gasteiger partial charge in [-0.1, -0.05) is 0 Å². The highest BCUT2D eigenvalue weighted by molar-refractivity contribution is 6.18. The second kappa shape index (κ2) is 4.71. The van der Waals surface area contributed by atoms with Gasteiger partial charge in [0, 0.05) is 12.4 Å². The summed E-state index contributed by atoms with van der Waals surface area (Å²) in [6.45, 7) is 0. The fraction of sp³-hybridized carbons (Fsp3) is 0.0909. The number of halogens is 2. The first-order valence-electron chi connectivity index (χ1n) is 5.14. The minimum atomic E-state index is -1.07. The third-order valence-electron chi connectivity index (χ3n) is 2.54. The van der Waals surface area contributed by atoms with Gasteiger partial charge in [-0.3, -0.25) is 4.79 Å². The third-order valence-corrected chi connectivity index (χ3v) is 2.54. The molecule has 0 fully saturated rings. The zero-order chi connectivity index (χ0) is 14.2. The van der Waals surface area contributed by atoms with Crippen molar-refractivity contribution in [1.29, 1.82) is 0 Å². The van der Waals surface area contributed by atoms with Crippen LogP contribution in [0.4, 0.5) is 14.5 Å². The molecule has 0 aliphatic rings. The van der Waals surface area contributed by atoms with Gasteiger partial charge in [0.15, 0.2) is 11.4 Å². The predicted octanol–water partition coefficient (Wildman–Crippen LogP) is 0.926. The van der Waals surface area contributed by atoms with E-state index in [9.17, 15) is 18.4 Å². The molecule has 1 aromatic heterocycles. The Morgan fingerprint density at radius 1 is 1.37 bits per heavy atom. The van der Waals surface area contributed by atoms with Gasteiger partial charge >= 0.3 is 5.63 Å². The van der Waals surface area contributed by atoms with Gasteiger partial charge in [-0.2, -0.15) is 0 Å². The van der Waals surface area contributed by atoms with E-state index < -0.39 is 40.0 Å². The molecule has 96 valence electrons. The van der Waals surface area contributed by atoms with Crippen LogP contribution in [0.5, 0.6) is 0 Å². The first-order valence-corrected chi connectivity index (χ1v) is 5.14. The summed E-state index contributed by atoms with van der Waals surface area (Å²) in [6.07, 6.45) is 0. The molecule has 0 aliphatic heterocycles. The SMILES string of the molecule is [B]NC(=O)c1cc2cc(F)c(NC)c(F)c2oc1=O. The van der Waals surface area contributed by atoms with Gasteiger partial charge in [0.2, 0.25) is 13.9 Å². The lowest BCUT2D eigenvalue weighted by Gasteiger charge is -2.07. The molecule has 1 amide bonds. The summed E-state index contributed by atoms with van der Waals surface area (Å²) in [7, 11) is 6.21. The maximum atomic E-state index is 13.9. The Hall–Kier alpha value is -2.38. The van der Waals surface area contributed by atoms with Crippen molar-refractivity contribution in [3.05, 3.63) is 39.8 Å². The summed E-state index contributed by atoms with van der Waals surface area (Å²) in [5, 5.41) is 3.99. The molecule has 2 rings (SSSR count). The van der Waals surface area contributed by atoms with Crippen LogP contribution in [0.1, 0.15) is 10.4 Å². The maximum absolute atomic E-state index is 13.9. The summed E-state index contributed by atoms with van der Waals surface area (Å²) in [5.74, 6) is -2.83. The van der Waals surface area contributed by atoms with E-state index >= 15 is 0 Å². The summed E-state index contributed by atoms with van der Waals surface area (Å²) in [5.41, 5.74) is -2.37. The minimum absolute atomic E-state index is 0.0628. The Morgan fingerprint density at radius 3 is 2.63 bits per heavy atom. The third kappa shape index (κ3) is 2.05. The van der Waals surface area contributed by atoms with E-state index in [-0.39, 0.29) is 5.39 Å². The minimum Gasteiger partial charge on any atom is -0.419 e. The van der Waals surface area contributed by atoms with Gasteiger partial charge in [-0.05, 0) is 12.1 Å². The molecule has 8 heteroatoms. The van der Waals surface area contributed by atoms with Crippen molar-refractivity contribution in [3.63, 3.8) is 0 Å². The van der Waals surface area contributed by atoms with Crippen LogP contribution in [-0.2, 0) is 0 Å². The predicted molar refractivity (Wildman–Crippen MR) is 65.2 cm³/mol. The summed E-state index contributed by atoms with van der Waals surface area (Å²) >= 11 is 0. The van der Waals surface area contributed by atoms with E-state index in [0.29, 0.717) is 0 Å². The smallest absolute Gasteiger partial charge is 0.349 e. The molecule has 0 aliphatic carbocycles. The molecule has 1 heterocycles. The standard InChI is InChI=1S/C11H7BF2N2O3/c1-15-8-6(13)3-4-2-5(10(17)16-12)11(18)19-9(4)7(8)14/h2-3,15H,1H3,(H,16,17). The van der Waals surface area contributed by atoms with Gasteiger partial charge in [-0.15, -0.1) is 0 Å². The molecule has 0 bridgehead atoms. The van der Waals surface area contributed by atoms with Crippen LogP contribution in [0.25, 0.3) is 11.0 Å². The largest absolute Gasteiger partial charge is 0.419 e. The Bertz CT molecular complexity index is 730. The lowest BCUT2D eigenvalue weighted by molar-refractivity contribution is 0.0978. The molecule has 0 spiro atoms. The van der Waals surface area contributed by atoms with Gasteiger partial charge < -0.3 is 15.0 Å².